The Morgan fingerprint density at radius 1 is 1.33 bits per heavy atom. The predicted octanol–water partition coefficient (Wildman–Crippen LogP) is 3.91. The molecule has 1 aromatic heterocycles. The van der Waals surface area contributed by atoms with E-state index in [1.165, 1.54) is 12.1 Å². The van der Waals surface area contributed by atoms with Gasteiger partial charge in [0, 0.05) is 23.7 Å². The van der Waals surface area contributed by atoms with Crippen LogP contribution in [0.3, 0.4) is 0 Å². The number of oxime groups is 1. The number of esters is 1. The Hall–Kier alpha value is -3.67. The maximum Gasteiger partial charge on any atom is 0.351 e. The summed E-state index contributed by atoms with van der Waals surface area (Å²) in [5.41, 5.74) is 3.15. The fourth-order valence-electron chi connectivity index (χ4n) is 4.45. The first kappa shape index (κ1) is 22.5. The number of anilines is 1. The number of hydrogen-bond donors (Lipinski definition) is 1. The molecule has 1 N–H and O–H groups in total. The highest BCUT2D eigenvalue weighted by molar-refractivity contribution is 6.03. The van der Waals surface area contributed by atoms with Crippen LogP contribution in [0.25, 0.3) is 0 Å². The lowest BCUT2D eigenvalue weighted by Crippen LogP contribution is -2.29. The Bertz CT molecular complexity index is 1160. The van der Waals surface area contributed by atoms with Gasteiger partial charge in [0.15, 0.2) is 6.61 Å². The number of nitrogens with zero attached hydrogens (tertiary/aromatic N) is 3. The largest absolute Gasteiger partial charge is 0.453 e. The minimum absolute atomic E-state index is 0.116. The molecule has 0 saturated heterocycles. The van der Waals surface area contributed by atoms with Gasteiger partial charge in [0.05, 0.1) is 11.3 Å². The number of hydrogen-bond acceptors (Lipinski definition) is 6. The van der Waals surface area contributed by atoms with E-state index < -0.39 is 30.4 Å². The number of rotatable bonds is 6. The molecule has 172 valence electrons. The average Bonchev–Trinajstić information content (AvgIpc) is 3.54. The Labute approximate surface area is 191 Å². The van der Waals surface area contributed by atoms with E-state index in [1.807, 2.05) is 18.4 Å². The van der Waals surface area contributed by atoms with Gasteiger partial charge in [-0.15, -0.1) is 0 Å². The molecule has 1 fully saturated rings. The van der Waals surface area contributed by atoms with E-state index in [2.05, 4.69) is 16.5 Å². The van der Waals surface area contributed by atoms with Crippen LogP contribution in [-0.2, 0) is 19.2 Å². The lowest BCUT2D eigenvalue weighted by molar-refractivity contribution is -0.157. The highest BCUT2D eigenvalue weighted by Crippen LogP contribution is 2.37. The molecular formula is C24H25FN4O4. The van der Waals surface area contributed by atoms with Gasteiger partial charge in [0.2, 0.25) is 6.10 Å². The molecule has 2 aliphatic rings. The van der Waals surface area contributed by atoms with E-state index in [1.54, 1.807) is 12.1 Å². The molecule has 2 aromatic rings. The van der Waals surface area contributed by atoms with E-state index in [0.29, 0.717) is 22.7 Å². The van der Waals surface area contributed by atoms with Crippen LogP contribution >= 0.6 is 0 Å². The summed E-state index contributed by atoms with van der Waals surface area (Å²) in [4.78, 5) is 30.1. The summed E-state index contributed by atoms with van der Waals surface area (Å²) in [5, 5.41) is 16.3. The van der Waals surface area contributed by atoms with Crippen LogP contribution in [0.5, 0.6) is 0 Å². The van der Waals surface area contributed by atoms with Crippen molar-refractivity contribution in [2.24, 2.45) is 5.16 Å². The summed E-state index contributed by atoms with van der Waals surface area (Å²) >= 11 is 0. The van der Waals surface area contributed by atoms with Gasteiger partial charge in [-0.2, -0.15) is 5.26 Å². The smallest absolute Gasteiger partial charge is 0.351 e. The van der Waals surface area contributed by atoms with Crippen molar-refractivity contribution in [2.45, 2.75) is 58.1 Å². The molecule has 0 unspecified atom stereocenters. The van der Waals surface area contributed by atoms with E-state index >= 15 is 0 Å². The first-order valence-corrected chi connectivity index (χ1v) is 11.0. The zero-order valence-corrected chi connectivity index (χ0v) is 18.6. The van der Waals surface area contributed by atoms with Crippen LogP contribution in [0.15, 0.2) is 29.4 Å². The average molecular weight is 452 g/mol. The Kier molecular flexibility index (Phi) is 6.45. The molecule has 1 saturated carbocycles. The van der Waals surface area contributed by atoms with Crippen molar-refractivity contribution in [2.75, 3.05) is 11.9 Å². The molecule has 1 aliphatic heterocycles. The van der Waals surface area contributed by atoms with Crippen LogP contribution < -0.4 is 5.32 Å². The summed E-state index contributed by atoms with van der Waals surface area (Å²) in [7, 11) is 0. The van der Waals surface area contributed by atoms with Crippen LogP contribution in [-0.4, -0.2) is 34.9 Å². The number of amides is 1. The molecule has 1 aromatic carbocycles. The quantitative estimate of drug-likeness (QED) is 0.669. The van der Waals surface area contributed by atoms with Gasteiger partial charge in [-0.1, -0.05) is 30.1 Å². The molecule has 33 heavy (non-hydrogen) atoms. The van der Waals surface area contributed by atoms with Crippen molar-refractivity contribution < 1.29 is 23.6 Å². The topological polar surface area (TPSA) is 106 Å². The van der Waals surface area contributed by atoms with Crippen LogP contribution in [0.4, 0.5) is 10.2 Å². The zero-order valence-electron chi connectivity index (χ0n) is 18.6. The van der Waals surface area contributed by atoms with E-state index in [-0.39, 0.29) is 12.5 Å². The summed E-state index contributed by atoms with van der Waals surface area (Å²) < 4.78 is 20.6. The molecular weight excluding hydrogens is 427 g/mol. The van der Waals surface area contributed by atoms with E-state index in [9.17, 15) is 19.2 Å². The molecule has 1 aliphatic carbocycles. The summed E-state index contributed by atoms with van der Waals surface area (Å²) in [5.74, 6) is -1.24. The Morgan fingerprint density at radius 2 is 2.09 bits per heavy atom. The highest BCUT2D eigenvalue weighted by atomic mass is 19.1. The summed E-state index contributed by atoms with van der Waals surface area (Å²) in [6.45, 7) is 3.28. The van der Waals surface area contributed by atoms with E-state index in [0.717, 1.165) is 36.9 Å². The monoisotopic (exact) mass is 452 g/mol. The second-order valence-electron chi connectivity index (χ2n) is 8.36. The fraction of sp³-hybridized carbons (Fsp3) is 0.417. The number of aromatic nitrogens is 1. The van der Waals surface area contributed by atoms with Crippen molar-refractivity contribution in [1.29, 1.82) is 5.26 Å². The SMILES string of the molecule is Cc1c(C#N)c(NC(=O)COC(=O)[C@H]2CC(c3cccc(F)c3)=NO2)n(C2CCCC2)c1C. The third-order valence-electron chi connectivity index (χ3n) is 6.25. The van der Waals surface area contributed by atoms with Gasteiger partial charge in [0.25, 0.3) is 5.91 Å². The number of benzene rings is 1. The molecule has 0 bridgehead atoms. The molecule has 8 nitrogen and oxygen atoms in total. The maximum atomic E-state index is 13.4. The highest BCUT2D eigenvalue weighted by Gasteiger charge is 2.31. The molecule has 0 radical (unpaired) electrons. The number of carbonyl (C=O) groups is 2. The first-order valence-electron chi connectivity index (χ1n) is 11.0. The van der Waals surface area contributed by atoms with Crippen molar-refractivity contribution in [1.82, 2.24) is 4.57 Å². The number of nitriles is 1. The maximum absolute atomic E-state index is 13.4. The summed E-state index contributed by atoms with van der Waals surface area (Å²) in [6, 6.07) is 8.25. The predicted molar refractivity (Wildman–Crippen MR) is 118 cm³/mol. The first-order chi connectivity index (χ1) is 15.9. The van der Waals surface area contributed by atoms with Crippen molar-refractivity contribution in [3.05, 3.63) is 52.5 Å². The minimum atomic E-state index is -1.00. The second kappa shape index (κ2) is 9.45. The molecule has 9 heteroatoms. The van der Waals surface area contributed by atoms with Crippen LogP contribution in [0.1, 0.15) is 60.5 Å². The fourth-order valence-corrected chi connectivity index (χ4v) is 4.45. The van der Waals surface area contributed by atoms with Gasteiger partial charge in [-0.25, -0.2) is 9.18 Å². The van der Waals surface area contributed by atoms with Crippen molar-refractivity contribution >= 4 is 23.4 Å². The molecule has 1 amide bonds. The molecule has 1 atom stereocenters. The second-order valence-corrected chi connectivity index (χ2v) is 8.36. The van der Waals surface area contributed by atoms with Gasteiger partial charge in [0.1, 0.15) is 17.7 Å². The third kappa shape index (κ3) is 4.60. The van der Waals surface area contributed by atoms with Gasteiger partial charge in [-0.05, 0) is 44.4 Å². The Morgan fingerprint density at radius 3 is 2.79 bits per heavy atom. The van der Waals surface area contributed by atoms with Gasteiger partial charge in [-0.3, -0.25) is 4.79 Å². The molecule has 0 spiro atoms. The number of nitrogens with one attached hydrogen (secondary N) is 1. The number of ether oxygens (including phenoxy) is 1. The third-order valence-corrected chi connectivity index (χ3v) is 6.25. The van der Waals surface area contributed by atoms with Crippen LogP contribution in [0.2, 0.25) is 0 Å². The molecule has 2 heterocycles. The van der Waals surface area contributed by atoms with Crippen molar-refractivity contribution in [3.63, 3.8) is 0 Å². The summed E-state index contributed by atoms with van der Waals surface area (Å²) in [6.07, 6.45) is 3.31. The van der Waals surface area contributed by atoms with Crippen molar-refractivity contribution in [3.8, 4) is 6.07 Å². The van der Waals surface area contributed by atoms with Gasteiger partial charge >= 0.3 is 5.97 Å². The standard InChI is InChI=1S/C24H25FN4O4/c1-14-15(2)29(18-8-3-4-9-18)23(19(14)12-26)27-22(30)13-32-24(31)21-11-20(28-33-21)16-6-5-7-17(25)10-16/h5-7,10,18,21H,3-4,8-9,11,13H2,1-2H3,(H,27,30)/t21-/m1/s1. The normalized spacial score (nSPS) is 17.9. The molecule has 4 rings (SSSR count). The minimum Gasteiger partial charge on any atom is -0.453 e. The van der Waals surface area contributed by atoms with E-state index in [4.69, 9.17) is 9.57 Å². The lowest BCUT2D eigenvalue weighted by atomic mass is 10.1. The number of halogens is 1. The lowest BCUT2D eigenvalue weighted by Gasteiger charge is -2.19. The zero-order chi connectivity index (χ0) is 23.5. The Balaban J connectivity index is 1.37. The van der Waals surface area contributed by atoms with Crippen LogP contribution in [0, 0.1) is 31.0 Å². The number of carbonyl (C=O) groups excluding carboxylic acids is 2. The van der Waals surface area contributed by atoms with Gasteiger partial charge < -0.3 is 19.5 Å².